The highest BCUT2D eigenvalue weighted by Gasteiger charge is 2.16. The lowest BCUT2D eigenvalue weighted by Crippen LogP contribution is -2.19. The van der Waals surface area contributed by atoms with Gasteiger partial charge >= 0.3 is 0 Å². The Hall–Kier alpha value is -2.08. The van der Waals surface area contributed by atoms with Gasteiger partial charge in [0.2, 0.25) is 0 Å². The minimum absolute atomic E-state index is 0.265. The highest BCUT2D eigenvalue weighted by atomic mass is 32.2. The number of sulfonamides is 1. The highest BCUT2D eigenvalue weighted by Crippen LogP contribution is 2.22. The molecule has 2 aromatic rings. The molecule has 1 aromatic heterocycles. The first-order valence-electron chi connectivity index (χ1n) is 9.27. The summed E-state index contributed by atoms with van der Waals surface area (Å²) in [6.45, 7) is 3.87. The van der Waals surface area contributed by atoms with Crippen LogP contribution < -0.4 is 10.0 Å². The van der Waals surface area contributed by atoms with Gasteiger partial charge in [-0.05, 0) is 62.1 Å². The van der Waals surface area contributed by atoms with E-state index in [4.69, 9.17) is 0 Å². The van der Waals surface area contributed by atoms with Crippen molar-refractivity contribution in [2.45, 2.75) is 63.3 Å². The molecule has 0 bridgehead atoms. The van der Waals surface area contributed by atoms with Crippen molar-refractivity contribution < 1.29 is 8.42 Å². The maximum atomic E-state index is 12.6. The van der Waals surface area contributed by atoms with Gasteiger partial charge in [-0.25, -0.2) is 13.4 Å². The summed E-state index contributed by atoms with van der Waals surface area (Å²) in [5.41, 5.74) is 2.49. The van der Waals surface area contributed by atoms with E-state index >= 15 is 0 Å². The number of rotatable bonds is 5. The fourth-order valence-electron chi connectivity index (χ4n) is 3.27. The molecule has 2 N–H and O–H groups in total. The fraction of sp³-hybridized carbons (Fsp3) is 0.450. The van der Waals surface area contributed by atoms with Crippen LogP contribution in [0.4, 0.5) is 11.5 Å². The van der Waals surface area contributed by atoms with Crippen LogP contribution in [-0.4, -0.2) is 19.4 Å². The zero-order valence-electron chi connectivity index (χ0n) is 15.5. The molecule has 0 atom stereocenters. The van der Waals surface area contributed by atoms with Gasteiger partial charge in [0, 0.05) is 6.04 Å². The molecule has 140 valence electrons. The van der Waals surface area contributed by atoms with Crippen molar-refractivity contribution in [1.29, 1.82) is 0 Å². The first-order chi connectivity index (χ1) is 12.4. The van der Waals surface area contributed by atoms with Crippen LogP contribution in [-0.2, 0) is 10.0 Å². The summed E-state index contributed by atoms with van der Waals surface area (Å²) in [6.07, 6.45) is 9.04. The SMILES string of the molecule is Cc1ccc(S(=O)(=O)Nc2ccc(NC3CCCCCC3)nc2)cc1C. The van der Waals surface area contributed by atoms with Gasteiger partial charge in [0.15, 0.2) is 0 Å². The average Bonchev–Trinajstić information content (AvgIpc) is 2.87. The molecule has 26 heavy (non-hydrogen) atoms. The van der Waals surface area contributed by atoms with E-state index in [1.54, 1.807) is 24.4 Å². The van der Waals surface area contributed by atoms with Crippen LogP contribution in [0.15, 0.2) is 41.4 Å². The van der Waals surface area contributed by atoms with Crippen LogP contribution in [0, 0.1) is 13.8 Å². The molecule has 1 fully saturated rings. The molecule has 0 amide bonds. The molecule has 0 saturated heterocycles. The van der Waals surface area contributed by atoms with E-state index in [2.05, 4.69) is 15.0 Å². The standard InChI is InChI=1S/C20H27N3O2S/c1-15-9-11-19(13-16(15)2)26(24,25)23-18-10-12-20(21-14-18)22-17-7-5-3-4-6-8-17/h9-14,17,23H,3-8H2,1-2H3,(H,21,22). The number of aromatic nitrogens is 1. The quantitative estimate of drug-likeness (QED) is 0.749. The van der Waals surface area contributed by atoms with Gasteiger partial charge in [0.05, 0.1) is 16.8 Å². The lowest BCUT2D eigenvalue weighted by molar-refractivity contribution is 0.601. The van der Waals surface area contributed by atoms with Gasteiger partial charge in [-0.2, -0.15) is 0 Å². The number of nitrogens with one attached hydrogen (secondary N) is 2. The summed E-state index contributed by atoms with van der Waals surface area (Å²) >= 11 is 0. The van der Waals surface area contributed by atoms with Gasteiger partial charge in [0.1, 0.15) is 5.82 Å². The Morgan fingerprint density at radius 2 is 1.69 bits per heavy atom. The normalized spacial score (nSPS) is 16.1. The molecule has 0 aliphatic heterocycles. The minimum Gasteiger partial charge on any atom is -0.367 e. The van der Waals surface area contributed by atoms with Crippen molar-refractivity contribution in [3.05, 3.63) is 47.7 Å². The van der Waals surface area contributed by atoms with E-state index in [-0.39, 0.29) is 4.90 Å². The monoisotopic (exact) mass is 373 g/mol. The Labute approximate surface area is 156 Å². The second-order valence-corrected chi connectivity index (χ2v) is 8.80. The third kappa shape index (κ3) is 4.75. The lowest BCUT2D eigenvalue weighted by atomic mass is 10.1. The van der Waals surface area contributed by atoms with Gasteiger partial charge in [-0.3, -0.25) is 4.72 Å². The zero-order valence-corrected chi connectivity index (χ0v) is 16.3. The number of benzene rings is 1. The highest BCUT2D eigenvalue weighted by molar-refractivity contribution is 7.92. The lowest BCUT2D eigenvalue weighted by Gasteiger charge is -2.17. The smallest absolute Gasteiger partial charge is 0.261 e. The Balaban J connectivity index is 1.67. The molecule has 1 aromatic carbocycles. The average molecular weight is 374 g/mol. The van der Waals surface area contributed by atoms with E-state index in [9.17, 15) is 8.42 Å². The van der Waals surface area contributed by atoms with Gasteiger partial charge < -0.3 is 5.32 Å². The Bertz CT molecular complexity index is 840. The van der Waals surface area contributed by atoms with Crippen molar-refractivity contribution in [2.24, 2.45) is 0 Å². The van der Waals surface area contributed by atoms with E-state index in [1.807, 2.05) is 26.0 Å². The number of aryl methyl sites for hydroxylation is 2. The second-order valence-electron chi connectivity index (χ2n) is 7.12. The Kier molecular flexibility index (Phi) is 5.81. The summed E-state index contributed by atoms with van der Waals surface area (Å²) in [5, 5.41) is 3.47. The summed E-state index contributed by atoms with van der Waals surface area (Å²) in [4.78, 5) is 4.64. The van der Waals surface area contributed by atoms with E-state index < -0.39 is 10.0 Å². The third-order valence-electron chi connectivity index (χ3n) is 5.01. The Morgan fingerprint density at radius 1 is 0.962 bits per heavy atom. The molecule has 0 unspecified atom stereocenters. The molecular formula is C20H27N3O2S. The van der Waals surface area contributed by atoms with Gasteiger partial charge in [-0.15, -0.1) is 0 Å². The number of hydrogen-bond acceptors (Lipinski definition) is 4. The van der Waals surface area contributed by atoms with Crippen LogP contribution in [0.2, 0.25) is 0 Å². The van der Waals surface area contributed by atoms with Crippen LogP contribution in [0.25, 0.3) is 0 Å². The maximum Gasteiger partial charge on any atom is 0.261 e. The van der Waals surface area contributed by atoms with Gasteiger partial charge in [0.25, 0.3) is 10.0 Å². The van der Waals surface area contributed by atoms with Crippen LogP contribution in [0.1, 0.15) is 49.7 Å². The molecule has 1 heterocycles. The van der Waals surface area contributed by atoms with Gasteiger partial charge in [-0.1, -0.05) is 31.7 Å². The number of anilines is 2. The molecule has 1 aliphatic rings. The van der Waals surface area contributed by atoms with Crippen molar-refractivity contribution in [3.8, 4) is 0 Å². The third-order valence-corrected chi connectivity index (χ3v) is 6.39. The molecule has 3 rings (SSSR count). The predicted molar refractivity (Wildman–Crippen MR) is 106 cm³/mol. The molecule has 5 nitrogen and oxygen atoms in total. The van der Waals surface area contributed by atoms with Crippen LogP contribution in [0.3, 0.4) is 0 Å². The molecule has 0 radical (unpaired) electrons. The predicted octanol–water partition coefficient (Wildman–Crippen LogP) is 4.63. The molecule has 1 aliphatic carbocycles. The summed E-state index contributed by atoms with van der Waals surface area (Å²) in [6, 6.07) is 9.19. The second kappa shape index (κ2) is 8.08. The molecule has 0 spiro atoms. The summed E-state index contributed by atoms with van der Waals surface area (Å²) < 4.78 is 27.7. The first kappa shape index (κ1) is 18.7. The summed E-state index contributed by atoms with van der Waals surface area (Å²) in [5.74, 6) is 0.797. The number of pyridine rings is 1. The fourth-order valence-corrected chi connectivity index (χ4v) is 4.40. The Morgan fingerprint density at radius 3 is 2.31 bits per heavy atom. The van der Waals surface area contributed by atoms with Crippen molar-refractivity contribution in [1.82, 2.24) is 4.98 Å². The molecule has 6 heteroatoms. The molecular weight excluding hydrogens is 346 g/mol. The topological polar surface area (TPSA) is 71.1 Å². The molecule has 1 saturated carbocycles. The zero-order chi connectivity index (χ0) is 18.6. The maximum absolute atomic E-state index is 12.6. The minimum atomic E-state index is -3.61. The van der Waals surface area contributed by atoms with E-state index in [0.717, 1.165) is 16.9 Å². The first-order valence-corrected chi connectivity index (χ1v) is 10.7. The van der Waals surface area contributed by atoms with E-state index in [0.29, 0.717) is 11.7 Å². The van der Waals surface area contributed by atoms with E-state index in [1.165, 1.54) is 38.5 Å². The van der Waals surface area contributed by atoms with Crippen molar-refractivity contribution in [2.75, 3.05) is 10.0 Å². The number of nitrogens with zero attached hydrogens (tertiary/aromatic N) is 1. The van der Waals surface area contributed by atoms with Crippen LogP contribution >= 0.6 is 0 Å². The van der Waals surface area contributed by atoms with Crippen LogP contribution in [0.5, 0.6) is 0 Å². The van der Waals surface area contributed by atoms with Crippen molar-refractivity contribution >= 4 is 21.5 Å². The van der Waals surface area contributed by atoms with Crippen molar-refractivity contribution in [3.63, 3.8) is 0 Å². The number of hydrogen-bond donors (Lipinski definition) is 2. The summed E-state index contributed by atoms with van der Waals surface area (Å²) in [7, 11) is -3.61. The largest absolute Gasteiger partial charge is 0.367 e.